The molecule has 0 N–H and O–H groups in total. The van der Waals surface area contributed by atoms with Crippen molar-refractivity contribution >= 4 is 17.5 Å². The zero-order valence-electron chi connectivity index (χ0n) is 12.8. The Bertz CT molecular complexity index is 546. The van der Waals surface area contributed by atoms with Crippen molar-refractivity contribution in [1.82, 2.24) is 9.80 Å². The average molecular weight is 307 g/mol. The highest BCUT2D eigenvalue weighted by Crippen LogP contribution is 2.32. The molecule has 2 aliphatic rings. The first-order chi connectivity index (χ1) is 10.1. The van der Waals surface area contributed by atoms with Gasteiger partial charge in [-0.1, -0.05) is 24.6 Å². The fourth-order valence-electron chi connectivity index (χ4n) is 3.64. The van der Waals surface area contributed by atoms with Crippen molar-refractivity contribution < 1.29 is 4.79 Å². The number of nitrogens with zero attached hydrogens (tertiary/aromatic N) is 2. The molecule has 0 aromatic heterocycles. The summed E-state index contributed by atoms with van der Waals surface area (Å²) in [5.41, 5.74) is 1.75. The second kappa shape index (κ2) is 5.98. The van der Waals surface area contributed by atoms with Gasteiger partial charge in [0.05, 0.1) is 0 Å². The number of rotatable bonds is 2. The largest absolute Gasteiger partial charge is 0.331 e. The molecule has 3 rings (SSSR count). The van der Waals surface area contributed by atoms with Crippen molar-refractivity contribution in [3.05, 3.63) is 34.3 Å². The Morgan fingerprint density at radius 1 is 1.29 bits per heavy atom. The number of aryl methyl sites for hydroxylation is 1. The van der Waals surface area contributed by atoms with E-state index in [-0.39, 0.29) is 5.91 Å². The third kappa shape index (κ3) is 2.82. The maximum Gasteiger partial charge on any atom is 0.254 e. The third-order valence-electron chi connectivity index (χ3n) is 4.97. The summed E-state index contributed by atoms with van der Waals surface area (Å²) in [4.78, 5) is 17.5. The van der Waals surface area contributed by atoms with Gasteiger partial charge in [0.2, 0.25) is 0 Å². The van der Waals surface area contributed by atoms with Crippen LogP contribution in [-0.2, 0) is 0 Å². The molecule has 21 heavy (non-hydrogen) atoms. The van der Waals surface area contributed by atoms with E-state index in [0.717, 1.165) is 50.0 Å². The lowest BCUT2D eigenvalue weighted by molar-refractivity contribution is 0.0671. The number of hydrogen-bond donors (Lipinski definition) is 0. The summed E-state index contributed by atoms with van der Waals surface area (Å²) in [6.07, 6.45) is 3.37. The lowest BCUT2D eigenvalue weighted by Gasteiger charge is -2.29. The highest BCUT2D eigenvalue weighted by atomic mass is 35.5. The second-order valence-corrected chi connectivity index (χ2v) is 6.65. The smallest absolute Gasteiger partial charge is 0.254 e. The minimum Gasteiger partial charge on any atom is -0.331 e. The highest BCUT2D eigenvalue weighted by molar-refractivity contribution is 6.31. The molecule has 2 bridgehead atoms. The Labute approximate surface area is 131 Å². The van der Waals surface area contributed by atoms with Gasteiger partial charge in [0.1, 0.15) is 0 Å². The Kier molecular flexibility index (Phi) is 4.23. The molecule has 1 aromatic carbocycles. The molecule has 2 atom stereocenters. The summed E-state index contributed by atoms with van der Waals surface area (Å²) in [7, 11) is 0. The topological polar surface area (TPSA) is 23.6 Å². The molecule has 2 aliphatic heterocycles. The van der Waals surface area contributed by atoms with Gasteiger partial charge in [-0.05, 0) is 50.4 Å². The van der Waals surface area contributed by atoms with Crippen LogP contribution in [0.1, 0.15) is 42.1 Å². The molecule has 2 unspecified atom stereocenters. The number of benzene rings is 1. The lowest BCUT2D eigenvalue weighted by atomic mass is 10.1. The van der Waals surface area contributed by atoms with Crippen LogP contribution in [-0.4, -0.2) is 47.4 Å². The van der Waals surface area contributed by atoms with Gasteiger partial charge in [-0.15, -0.1) is 0 Å². The first-order valence-corrected chi connectivity index (χ1v) is 8.29. The van der Waals surface area contributed by atoms with Crippen molar-refractivity contribution in [3.63, 3.8) is 0 Å². The van der Waals surface area contributed by atoms with Gasteiger partial charge < -0.3 is 9.80 Å². The molecular weight excluding hydrogens is 284 g/mol. The summed E-state index contributed by atoms with van der Waals surface area (Å²) in [5, 5.41) is 0.679. The molecule has 2 heterocycles. The number of amides is 1. The number of carbonyl (C=O) groups is 1. The van der Waals surface area contributed by atoms with E-state index in [4.69, 9.17) is 11.6 Å². The van der Waals surface area contributed by atoms with Gasteiger partial charge in [-0.3, -0.25) is 4.79 Å². The number of halogens is 1. The molecule has 0 saturated carbocycles. The normalized spacial score (nSPS) is 26.0. The molecule has 0 aliphatic carbocycles. The fourth-order valence-corrected chi connectivity index (χ4v) is 3.82. The van der Waals surface area contributed by atoms with Crippen LogP contribution >= 0.6 is 11.6 Å². The summed E-state index contributed by atoms with van der Waals surface area (Å²) in [5.74, 6) is 0.155. The van der Waals surface area contributed by atoms with Crippen molar-refractivity contribution in [3.8, 4) is 0 Å². The van der Waals surface area contributed by atoms with Crippen LogP contribution < -0.4 is 0 Å². The van der Waals surface area contributed by atoms with Gasteiger partial charge in [-0.25, -0.2) is 0 Å². The highest BCUT2D eigenvalue weighted by Gasteiger charge is 2.39. The van der Waals surface area contributed by atoms with Crippen LogP contribution in [0.2, 0.25) is 5.02 Å². The van der Waals surface area contributed by atoms with Gasteiger partial charge in [0.15, 0.2) is 0 Å². The van der Waals surface area contributed by atoms with E-state index in [1.165, 1.54) is 0 Å². The van der Waals surface area contributed by atoms with Crippen molar-refractivity contribution in [1.29, 1.82) is 0 Å². The minimum absolute atomic E-state index is 0.155. The van der Waals surface area contributed by atoms with E-state index in [0.29, 0.717) is 17.1 Å². The van der Waals surface area contributed by atoms with Crippen molar-refractivity contribution in [2.45, 2.75) is 45.2 Å². The van der Waals surface area contributed by atoms with E-state index in [9.17, 15) is 4.79 Å². The number of fused-ring (bicyclic) bond motifs is 2. The van der Waals surface area contributed by atoms with Crippen LogP contribution in [0, 0.1) is 6.92 Å². The Balaban J connectivity index is 1.85. The molecule has 0 spiro atoms. The van der Waals surface area contributed by atoms with E-state index < -0.39 is 0 Å². The summed E-state index contributed by atoms with van der Waals surface area (Å²) < 4.78 is 0. The molecule has 3 nitrogen and oxygen atoms in total. The Morgan fingerprint density at radius 3 is 2.76 bits per heavy atom. The first kappa shape index (κ1) is 14.9. The lowest BCUT2D eigenvalue weighted by Crippen LogP contribution is -2.43. The third-order valence-corrected chi connectivity index (χ3v) is 5.38. The van der Waals surface area contributed by atoms with E-state index in [1.54, 1.807) is 0 Å². The van der Waals surface area contributed by atoms with Crippen molar-refractivity contribution in [2.75, 3.05) is 19.6 Å². The van der Waals surface area contributed by atoms with Gasteiger partial charge >= 0.3 is 0 Å². The Hall–Kier alpha value is -1.06. The second-order valence-electron chi connectivity index (χ2n) is 6.24. The Morgan fingerprint density at radius 2 is 2.05 bits per heavy atom. The summed E-state index contributed by atoms with van der Waals surface area (Å²) in [6, 6.07) is 6.43. The maximum absolute atomic E-state index is 12.9. The first-order valence-electron chi connectivity index (χ1n) is 7.91. The SMILES string of the molecule is CCN1CCC2CCC(C1)N2C(=O)c1ccc(C)c(Cl)c1. The van der Waals surface area contributed by atoms with E-state index in [2.05, 4.69) is 16.7 Å². The predicted molar refractivity (Wildman–Crippen MR) is 85.9 cm³/mol. The van der Waals surface area contributed by atoms with Crippen LogP contribution in [0.15, 0.2) is 18.2 Å². The van der Waals surface area contributed by atoms with Gasteiger partial charge in [0, 0.05) is 35.8 Å². The van der Waals surface area contributed by atoms with Crippen molar-refractivity contribution in [2.24, 2.45) is 0 Å². The van der Waals surface area contributed by atoms with Crippen LogP contribution in [0.25, 0.3) is 0 Å². The molecule has 2 fully saturated rings. The van der Waals surface area contributed by atoms with Gasteiger partial charge in [-0.2, -0.15) is 0 Å². The minimum atomic E-state index is 0.155. The number of likely N-dealkylation sites (tertiary alicyclic amines) is 1. The monoisotopic (exact) mass is 306 g/mol. The molecule has 4 heteroatoms. The predicted octanol–water partition coefficient (Wildman–Crippen LogP) is 3.35. The molecule has 1 amide bonds. The maximum atomic E-state index is 12.9. The number of carbonyl (C=O) groups excluding carboxylic acids is 1. The molecule has 1 aromatic rings. The average Bonchev–Trinajstić information content (AvgIpc) is 2.76. The number of hydrogen-bond acceptors (Lipinski definition) is 2. The van der Waals surface area contributed by atoms with Gasteiger partial charge in [0.25, 0.3) is 5.91 Å². The summed E-state index contributed by atoms with van der Waals surface area (Å²) in [6.45, 7) is 7.35. The van der Waals surface area contributed by atoms with Crippen LogP contribution in [0.5, 0.6) is 0 Å². The standard InChI is InChI=1S/C17H23ClN2O/c1-3-19-9-8-14-6-7-15(11-19)20(14)17(21)13-5-4-12(2)16(18)10-13/h4-5,10,14-15H,3,6-9,11H2,1-2H3. The van der Waals surface area contributed by atoms with Crippen LogP contribution in [0.3, 0.4) is 0 Å². The molecular formula is C17H23ClN2O. The zero-order valence-corrected chi connectivity index (χ0v) is 13.6. The number of likely N-dealkylation sites (N-methyl/N-ethyl adjacent to an activating group) is 1. The quantitative estimate of drug-likeness (QED) is 0.836. The van der Waals surface area contributed by atoms with E-state index >= 15 is 0 Å². The zero-order chi connectivity index (χ0) is 15.0. The molecule has 2 saturated heterocycles. The molecule has 0 radical (unpaired) electrons. The fraction of sp³-hybridized carbons (Fsp3) is 0.588. The molecule has 114 valence electrons. The summed E-state index contributed by atoms with van der Waals surface area (Å²) >= 11 is 6.18. The van der Waals surface area contributed by atoms with Crippen LogP contribution in [0.4, 0.5) is 0 Å². The van der Waals surface area contributed by atoms with E-state index in [1.807, 2.05) is 25.1 Å².